The van der Waals surface area contributed by atoms with E-state index in [9.17, 15) is 9.50 Å². The molecule has 100 valence electrons. The Kier molecular flexibility index (Phi) is 4.40. The van der Waals surface area contributed by atoms with E-state index in [2.05, 4.69) is 5.32 Å². The monoisotopic (exact) mass is 279 g/mol. The smallest absolute Gasteiger partial charge is 0.131 e. The summed E-state index contributed by atoms with van der Waals surface area (Å²) in [6.45, 7) is 2.42. The summed E-state index contributed by atoms with van der Waals surface area (Å²) in [6.07, 6.45) is 0. The maximum Gasteiger partial charge on any atom is 0.131 e. The molecule has 0 spiro atoms. The highest BCUT2D eigenvalue weighted by atomic mass is 35.5. The molecule has 0 aliphatic heterocycles. The molecule has 1 unspecified atom stereocenters. The minimum Gasteiger partial charge on any atom is -0.508 e. The third-order valence-electron chi connectivity index (χ3n) is 3.01. The number of phenolic OH excluding ortho intramolecular Hbond substituents is 1. The van der Waals surface area contributed by atoms with Crippen LogP contribution in [0.2, 0.25) is 5.02 Å². The predicted molar refractivity (Wildman–Crippen MR) is 74.8 cm³/mol. The first-order valence-corrected chi connectivity index (χ1v) is 6.41. The Morgan fingerprint density at radius 1 is 1.26 bits per heavy atom. The van der Waals surface area contributed by atoms with Gasteiger partial charge in [0.15, 0.2) is 0 Å². The fraction of sp³-hybridized carbons (Fsp3) is 0.200. The van der Waals surface area contributed by atoms with Gasteiger partial charge in [0.25, 0.3) is 0 Å². The van der Waals surface area contributed by atoms with Crippen molar-refractivity contribution in [3.05, 3.63) is 64.4 Å². The number of aromatic hydroxyl groups is 1. The van der Waals surface area contributed by atoms with Crippen LogP contribution in [0.4, 0.5) is 4.39 Å². The van der Waals surface area contributed by atoms with E-state index in [1.807, 2.05) is 31.2 Å². The van der Waals surface area contributed by atoms with Crippen molar-refractivity contribution in [3.8, 4) is 5.75 Å². The number of hydrogen-bond acceptors (Lipinski definition) is 2. The van der Waals surface area contributed by atoms with E-state index in [4.69, 9.17) is 11.6 Å². The highest BCUT2D eigenvalue weighted by molar-refractivity contribution is 6.31. The van der Waals surface area contributed by atoms with Crippen LogP contribution in [0.3, 0.4) is 0 Å². The van der Waals surface area contributed by atoms with Crippen LogP contribution in [0.15, 0.2) is 42.5 Å². The second-order valence-corrected chi connectivity index (χ2v) is 4.81. The quantitative estimate of drug-likeness (QED) is 0.885. The molecular weight excluding hydrogens is 265 g/mol. The topological polar surface area (TPSA) is 32.3 Å². The summed E-state index contributed by atoms with van der Waals surface area (Å²) in [5, 5.41) is 13.1. The lowest BCUT2D eigenvalue weighted by Gasteiger charge is -2.15. The van der Waals surface area contributed by atoms with Gasteiger partial charge in [0.2, 0.25) is 0 Å². The average molecular weight is 280 g/mol. The Labute approximate surface area is 116 Å². The average Bonchev–Trinajstić information content (AvgIpc) is 2.37. The van der Waals surface area contributed by atoms with Crippen LogP contribution in [-0.4, -0.2) is 5.11 Å². The van der Waals surface area contributed by atoms with Crippen LogP contribution in [0.5, 0.6) is 5.75 Å². The molecular formula is C15H15ClFNO. The van der Waals surface area contributed by atoms with E-state index in [-0.39, 0.29) is 11.8 Å². The molecule has 4 heteroatoms. The van der Waals surface area contributed by atoms with Crippen molar-refractivity contribution in [2.45, 2.75) is 19.5 Å². The largest absolute Gasteiger partial charge is 0.508 e. The molecule has 1 atom stereocenters. The third-order valence-corrected chi connectivity index (χ3v) is 3.38. The molecule has 0 saturated heterocycles. The van der Waals surface area contributed by atoms with Crippen molar-refractivity contribution in [3.63, 3.8) is 0 Å². The Morgan fingerprint density at radius 2 is 2.00 bits per heavy atom. The zero-order valence-electron chi connectivity index (χ0n) is 10.5. The van der Waals surface area contributed by atoms with E-state index in [0.717, 1.165) is 11.6 Å². The van der Waals surface area contributed by atoms with E-state index in [1.54, 1.807) is 6.07 Å². The highest BCUT2D eigenvalue weighted by Crippen LogP contribution is 2.22. The Hall–Kier alpha value is -1.58. The van der Waals surface area contributed by atoms with E-state index >= 15 is 0 Å². The van der Waals surface area contributed by atoms with Gasteiger partial charge in [-0.15, -0.1) is 0 Å². The number of benzene rings is 2. The summed E-state index contributed by atoms with van der Waals surface area (Å²) >= 11 is 6.06. The van der Waals surface area contributed by atoms with Crippen molar-refractivity contribution >= 4 is 11.6 Å². The van der Waals surface area contributed by atoms with Gasteiger partial charge in [0.1, 0.15) is 11.6 Å². The second kappa shape index (κ2) is 6.04. The Bertz CT molecular complexity index is 574. The fourth-order valence-electron chi connectivity index (χ4n) is 1.88. The van der Waals surface area contributed by atoms with Crippen molar-refractivity contribution in [2.75, 3.05) is 0 Å². The van der Waals surface area contributed by atoms with Crippen LogP contribution in [0.1, 0.15) is 24.1 Å². The second-order valence-electron chi connectivity index (χ2n) is 4.40. The van der Waals surface area contributed by atoms with Crippen molar-refractivity contribution in [1.82, 2.24) is 5.32 Å². The standard InChI is InChI=1S/C15H15ClFNO/c1-10(13-7-6-12(19)8-15(13)17)18-9-11-4-2-3-5-14(11)16/h2-8,10,18-19H,9H2,1H3. The van der Waals surface area contributed by atoms with Crippen molar-refractivity contribution < 1.29 is 9.50 Å². The highest BCUT2D eigenvalue weighted by Gasteiger charge is 2.11. The summed E-state index contributed by atoms with van der Waals surface area (Å²) in [6, 6.07) is 11.5. The molecule has 2 rings (SSSR count). The van der Waals surface area contributed by atoms with Gasteiger partial charge in [0, 0.05) is 29.2 Å². The van der Waals surface area contributed by atoms with Crippen LogP contribution in [0, 0.1) is 5.82 Å². The summed E-state index contributed by atoms with van der Waals surface area (Å²) in [5.41, 5.74) is 1.49. The maximum atomic E-state index is 13.7. The molecule has 2 N–H and O–H groups in total. The molecule has 0 fully saturated rings. The van der Waals surface area contributed by atoms with Gasteiger partial charge in [0.05, 0.1) is 0 Å². The van der Waals surface area contributed by atoms with Gasteiger partial charge < -0.3 is 10.4 Å². The zero-order chi connectivity index (χ0) is 13.8. The van der Waals surface area contributed by atoms with Crippen LogP contribution in [0.25, 0.3) is 0 Å². The molecule has 0 amide bonds. The van der Waals surface area contributed by atoms with Crippen LogP contribution >= 0.6 is 11.6 Å². The minimum atomic E-state index is -0.417. The Balaban J connectivity index is 2.05. The molecule has 2 aromatic carbocycles. The summed E-state index contributed by atoms with van der Waals surface area (Å²) in [7, 11) is 0. The zero-order valence-corrected chi connectivity index (χ0v) is 11.3. The van der Waals surface area contributed by atoms with E-state index < -0.39 is 5.82 Å². The number of rotatable bonds is 4. The molecule has 0 radical (unpaired) electrons. The van der Waals surface area contributed by atoms with Gasteiger partial charge in [-0.05, 0) is 24.6 Å². The summed E-state index contributed by atoms with van der Waals surface area (Å²) in [4.78, 5) is 0. The van der Waals surface area contributed by atoms with Gasteiger partial charge in [-0.1, -0.05) is 35.9 Å². The number of phenols is 1. The van der Waals surface area contributed by atoms with Gasteiger partial charge >= 0.3 is 0 Å². The predicted octanol–water partition coefficient (Wildman–Crippen LogP) is 4.04. The normalized spacial score (nSPS) is 12.4. The third kappa shape index (κ3) is 3.46. The van der Waals surface area contributed by atoms with Crippen LogP contribution < -0.4 is 5.32 Å². The molecule has 19 heavy (non-hydrogen) atoms. The number of halogens is 2. The van der Waals surface area contributed by atoms with Crippen molar-refractivity contribution in [2.24, 2.45) is 0 Å². The first-order valence-electron chi connectivity index (χ1n) is 6.03. The Morgan fingerprint density at radius 3 is 2.68 bits per heavy atom. The molecule has 2 nitrogen and oxygen atoms in total. The number of hydrogen-bond donors (Lipinski definition) is 2. The summed E-state index contributed by atoms with van der Waals surface area (Å²) in [5.74, 6) is -0.487. The lowest BCUT2D eigenvalue weighted by atomic mass is 10.1. The van der Waals surface area contributed by atoms with E-state index in [0.29, 0.717) is 17.1 Å². The van der Waals surface area contributed by atoms with Gasteiger partial charge in [-0.25, -0.2) is 4.39 Å². The lowest BCUT2D eigenvalue weighted by molar-refractivity contribution is 0.463. The molecule has 0 aliphatic rings. The molecule has 2 aromatic rings. The van der Waals surface area contributed by atoms with Crippen LogP contribution in [-0.2, 0) is 6.54 Å². The fourth-order valence-corrected chi connectivity index (χ4v) is 2.08. The summed E-state index contributed by atoms with van der Waals surface area (Å²) < 4.78 is 13.7. The van der Waals surface area contributed by atoms with Gasteiger partial charge in [-0.2, -0.15) is 0 Å². The molecule has 0 aliphatic carbocycles. The minimum absolute atomic E-state index is 0.0699. The lowest BCUT2D eigenvalue weighted by Crippen LogP contribution is -2.19. The molecule has 0 saturated carbocycles. The first kappa shape index (κ1) is 13.8. The molecule has 0 aromatic heterocycles. The SMILES string of the molecule is CC(NCc1ccccc1Cl)c1ccc(O)cc1F. The van der Waals surface area contributed by atoms with Gasteiger partial charge in [-0.3, -0.25) is 0 Å². The molecule has 0 bridgehead atoms. The van der Waals surface area contributed by atoms with E-state index in [1.165, 1.54) is 6.07 Å². The van der Waals surface area contributed by atoms with Crippen molar-refractivity contribution in [1.29, 1.82) is 0 Å². The number of nitrogens with one attached hydrogen (secondary N) is 1. The molecule has 0 heterocycles. The maximum absolute atomic E-state index is 13.7. The first-order chi connectivity index (χ1) is 9.08.